The zero-order chi connectivity index (χ0) is 15.6. The molecule has 0 aliphatic heterocycles. The van der Waals surface area contributed by atoms with E-state index in [0.717, 1.165) is 0 Å². The maximum absolute atomic E-state index is 12.3. The molecule has 0 amide bonds. The van der Waals surface area contributed by atoms with Gasteiger partial charge in [-0.25, -0.2) is 9.78 Å². The fraction of sp³-hybridized carbons (Fsp3) is 0.308. The minimum absolute atomic E-state index is 0.102. The molecule has 6 nitrogen and oxygen atoms in total. The van der Waals surface area contributed by atoms with E-state index in [1.165, 1.54) is 12.4 Å². The van der Waals surface area contributed by atoms with E-state index >= 15 is 0 Å². The molecule has 0 radical (unpaired) electrons. The van der Waals surface area contributed by atoms with Crippen LogP contribution in [0.3, 0.4) is 0 Å². The fourth-order valence-electron chi connectivity index (χ4n) is 1.86. The van der Waals surface area contributed by atoms with Gasteiger partial charge in [-0.2, -0.15) is 0 Å². The van der Waals surface area contributed by atoms with Crippen molar-refractivity contribution >= 4 is 40.3 Å². The predicted octanol–water partition coefficient (Wildman–Crippen LogP) is 3.26. The maximum atomic E-state index is 12.3. The Labute approximate surface area is 130 Å². The van der Waals surface area contributed by atoms with Crippen LogP contribution in [-0.2, 0) is 11.3 Å². The summed E-state index contributed by atoms with van der Waals surface area (Å²) in [5.74, 6) is -0.150. The van der Waals surface area contributed by atoms with Gasteiger partial charge in [-0.3, -0.25) is 4.79 Å². The normalized spacial score (nSPS) is 10.7. The highest BCUT2D eigenvalue weighted by Crippen LogP contribution is 2.28. The van der Waals surface area contributed by atoms with Crippen LogP contribution in [0.15, 0.2) is 17.2 Å². The molecule has 0 aliphatic rings. The number of pyridine rings is 2. The number of aromatic nitrogens is 2. The minimum Gasteiger partial charge on any atom is -0.434 e. The molecule has 112 valence electrons. The van der Waals surface area contributed by atoms with E-state index in [1.807, 2.05) is 6.92 Å². The van der Waals surface area contributed by atoms with Gasteiger partial charge >= 0.3 is 6.16 Å². The highest BCUT2D eigenvalue weighted by molar-refractivity contribution is 6.44. The van der Waals surface area contributed by atoms with Gasteiger partial charge in [0.2, 0.25) is 5.43 Å². The van der Waals surface area contributed by atoms with Crippen LogP contribution in [0, 0.1) is 0 Å². The van der Waals surface area contributed by atoms with Crippen molar-refractivity contribution in [3.8, 4) is 5.75 Å². The molecule has 21 heavy (non-hydrogen) atoms. The number of hydrogen-bond donors (Lipinski definition) is 0. The van der Waals surface area contributed by atoms with Gasteiger partial charge in [0.1, 0.15) is 10.2 Å². The summed E-state index contributed by atoms with van der Waals surface area (Å²) in [5, 5.41) is 0.494. The average molecular weight is 331 g/mol. The molecule has 2 aromatic rings. The number of fused-ring (bicyclic) bond motifs is 1. The first-order valence-electron chi connectivity index (χ1n) is 6.21. The number of rotatable bonds is 3. The number of carbonyl (C=O) groups is 1. The summed E-state index contributed by atoms with van der Waals surface area (Å²) in [6.45, 7) is 4.13. The Morgan fingerprint density at radius 1 is 1.38 bits per heavy atom. The largest absolute Gasteiger partial charge is 0.514 e. The molecule has 0 saturated carbocycles. The van der Waals surface area contributed by atoms with Crippen LogP contribution in [0.4, 0.5) is 4.79 Å². The third kappa shape index (κ3) is 2.96. The first kappa shape index (κ1) is 15.6. The predicted molar refractivity (Wildman–Crippen MR) is 79.3 cm³/mol. The van der Waals surface area contributed by atoms with Gasteiger partial charge in [0, 0.05) is 12.7 Å². The number of carbonyl (C=O) groups excluding carboxylic acids is 1. The number of hydrogen-bond acceptors (Lipinski definition) is 5. The van der Waals surface area contributed by atoms with Crippen LogP contribution in [0.1, 0.15) is 13.8 Å². The Bertz CT molecular complexity index is 758. The Morgan fingerprint density at radius 3 is 2.71 bits per heavy atom. The lowest BCUT2D eigenvalue weighted by Crippen LogP contribution is -2.18. The molecule has 0 aliphatic carbocycles. The van der Waals surface area contributed by atoms with Crippen LogP contribution < -0.4 is 10.2 Å². The zero-order valence-corrected chi connectivity index (χ0v) is 12.9. The second-order valence-corrected chi connectivity index (χ2v) is 4.75. The molecule has 0 saturated heterocycles. The SMILES string of the molecule is CCOC(=O)Oc1cn(CC)c2c(Cl)c(Cl)ncc2c1=O. The molecular weight excluding hydrogens is 319 g/mol. The third-order valence-corrected chi connectivity index (χ3v) is 3.52. The van der Waals surface area contributed by atoms with Gasteiger partial charge in [0.25, 0.3) is 0 Å². The highest BCUT2D eigenvalue weighted by atomic mass is 35.5. The zero-order valence-electron chi connectivity index (χ0n) is 11.4. The van der Waals surface area contributed by atoms with Crippen molar-refractivity contribution in [1.82, 2.24) is 9.55 Å². The minimum atomic E-state index is -0.940. The van der Waals surface area contributed by atoms with E-state index in [0.29, 0.717) is 12.1 Å². The van der Waals surface area contributed by atoms with Gasteiger partial charge in [-0.05, 0) is 13.8 Å². The topological polar surface area (TPSA) is 70.4 Å². The highest BCUT2D eigenvalue weighted by Gasteiger charge is 2.17. The molecule has 0 atom stereocenters. The van der Waals surface area contributed by atoms with Crippen molar-refractivity contribution in [2.24, 2.45) is 0 Å². The molecule has 0 fully saturated rings. The van der Waals surface area contributed by atoms with Gasteiger partial charge < -0.3 is 14.0 Å². The van der Waals surface area contributed by atoms with E-state index in [9.17, 15) is 9.59 Å². The van der Waals surface area contributed by atoms with E-state index < -0.39 is 11.6 Å². The van der Waals surface area contributed by atoms with Crippen LogP contribution in [0.2, 0.25) is 10.2 Å². The van der Waals surface area contributed by atoms with Crippen LogP contribution in [0.25, 0.3) is 10.9 Å². The second kappa shape index (κ2) is 6.32. The smallest absolute Gasteiger partial charge is 0.434 e. The summed E-state index contributed by atoms with van der Waals surface area (Å²) in [5.41, 5.74) is -0.0609. The fourth-order valence-corrected chi connectivity index (χ4v) is 2.26. The van der Waals surface area contributed by atoms with E-state index in [2.05, 4.69) is 9.72 Å². The molecule has 0 N–H and O–H groups in total. The van der Waals surface area contributed by atoms with Crippen LogP contribution in [0.5, 0.6) is 5.75 Å². The van der Waals surface area contributed by atoms with Crippen molar-refractivity contribution in [3.05, 3.63) is 32.8 Å². The first-order valence-corrected chi connectivity index (χ1v) is 6.96. The number of nitrogens with zero attached hydrogens (tertiary/aromatic N) is 2. The summed E-state index contributed by atoms with van der Waals surface area (Å²) in [7, 11) is 0. The van der Waals surface area contributed by atoms with Gasteiger partial charge in [0.15, 0.2) is 5.75 Å². The summed E-state index contributed by atoms with van der Waals surface area (Å²) < 4.78 is 11.2. The molecule has 0 unspecified atom stereocenters. The average Bonchev–Trinajstić information content (AvgIpc) is 2.45. The quantitative estimate of drug-likeness (QED) is 0.638. The Balaban J connectivity index is 2.66. The Kier molecular flexibility index (Phi) is 4.69. The molecule has 2 aromatic heterocycles. The molecule has 0 spiro atoms. The monoisotopic (exact) mass is 330 g/mol. The van der Waals surface area contributed by atoms with E-state index in [1.54, 1.807) is 11.5 Å². The number of halogens is 2. The van der Waals surface area contributed by atoms with Gasteiger partial charge in [-0.15, -0.1) is 0 Å². The summed E-state index contributed by atoms with van der Waals surface area (Å²) in [6, 6.07) is 0. The van der Waals surface area contributed by atoms with Crippen LogP contribution >= 0.6 is 23.2 Å². The molecule has 2 rings (SSSR count). The molecular formula is C13H12Cl2N2O4. The molecule has 2 heterocycles. The summed E-state index contributed by atoms with van der Waals surface area (Å²) in [4.78, 5) is 27.5. The van der Waals surface area contributed by atoms with E-state index in [4.69, 9.17) is 27.9 Å². The van der Waals surface area contributed by atoms with Crippen LogP contribution in [-0.4, -0.2) is 22.3 Å². The summed E-state index contributed by atoms with van der Waals surface area (Å²) >= 11 is 12.0. The lowest BCUT2D eigenvalue weighted by atomic mass is 10.2. The van der Waals surface area contributed by atoms with Gasteiger partial charge in [-0.1, -0.05) is 23.2 Å². The number of ether oxygens (including phenoxy) is 2. The standard InChI is InChI=1S/C13H12Cl2N2O4/c1-3-17-6-8(21-13(19)20-4-2)11(18)7-5-16-12(15)9(14)10(7)17/h5-6H,3-4H2,1-2H3. The Hall–Kier alpha value is -1.79. The molecule has 8 heteroatoms. The lowest BCUT2D eigenvalue weighted by Gasteiger charge is -2.12. The third-order valence-electron chi connectivity index (χ3n) is 2.78. The van der Waals surface area contributed by atoms with Crippen molar-refractivity contribution in [1.29, 1.82) is 0 Å². The van der Waals surface area contributed by atoms with E-state index in [-0.39, 0.29) is 27.9 Å². The lowest BCUT2D eigenvalue weighted by molar-refractivity contribution is 0.104. The van der Waals surface area contributed by atoms with Crippen molar-refractivity contribution in [2.45, 2.75) is 20.4 Å². The first-order chi connectivity index (χ1) is 9.99. The molecule has 0 aromatic carbocycles. The van der Waals surface area contributed by atoms with Crippen molar-refractivity contribution < 1.29 is 14.3 Å². The van der Waals surface area contributed by atoms with Crippen molar-refractivity contribution in [2.75, 3.05) is 6.61 Å². The number of aryl methyl sites for hydroxylation is 1. The Morgan fingerprint density at radius 2 is 2.10 bits per heavy atom. The second-order valence-electron chi connectivity index (χ2n) is 4.02. The van der Waals surface area contributed by atoms with Gasteiger partial charge in [0.05, 0.1) is 23.7 Å². The summed E-state index contributed by atoms with van der Waals surface area (Å²) in [6.07, 6.45) is 1.75. The van der Waals surface area contributed by atoms with Crippen molar-refractivity contribution in [3.63, 3.8) is 0 Å². The maximum Gasteiger partial charge on any atom is 0.514 e. The molecule has 0 bridgehead atoms.